The van der Waals surface area contributed by atoms with Crippen molar-refractivity contribution in [3.63, 3.8) is 0 Å². The Balaban J connectivity index is 1.51. The number of anilines is 3. The van der Waals surface area contributed by atoms with E-state index < -0.39 is 0 Å². The van der Waals surface area contributed by atoms with Gasteiger partial charge in [0.2, 0.25) is 0 Å². The number of fused-ring (bicyclic) bond motifs is 3. The molecule has 2 amide bonds. The van der Waals surface area contributed by atoms with Gasteiger partial charge >= 0.3 is 6.03 Å². The molecular weight excluding hydrogens is 392 g/mol. The van der Waals surface area contributed by atoms with Gasteiger partial charge in [0, 0.05) is 23.1 Å². The van der Waals surface area contributed by atoms with Crippen LogP contribution in [-0.2, 0) is 12.8 Å². The number of hydrogen-bond acceptors (Lipinski definition) is 5. The third-order valence-corrected chi connectivity index (χ3v) is 5.54. The van der Waals surface area contributed by atoms with E-state index in [1.54, 1.807) is 7.11 Å². The largest absolute Gasteiger partial charge is 0.494 e. The molecule has 2 aromatic heterocycles. The molecule has 4 N–H and O–H groups in total. The number of rotatable bonds is 4. The van der Waals surface area contributed by atoms with Gasteiger partial charge in [-0.05, 0) is 49.1 Å². The summed E-state index contributed by atoms with van der Waals surface area (Å²) in [6.07, 6.45) is 4.53. The summed E-state index contributed by atoms with van der Waals surface area (Å²) in [5, 5.41) is 5.66. The van der Waals surface area contributed by atoms with Gasteiger partial charge in [0.1, 0.15) is 17.6 Å². The number of benzene rings is 2. The van der Waals surface area contributed by atoms with Gasteiger partial charge in [-0.1, -0.05) is 18.2 Å². The highest BCUT2D eigenvalue weighted by Gasteiger charge is 2.25. The summed E-state index contributed by atoms with van der Waals surface area (Å²) in [6.45, 7) is 0. The topological polar surface area (TPSA) is 107 Å². The van der Waals surface area contributed by atoms with Crippen molar-refractivity contribution in [2.75, 3.05) is 23.5 Å². The van der Waals surface area contributed by atoms with Crippen LogP contribution in [0.3, 0.4) is 0 Å². The van der Waals surface area contributed by atoms with Crippen LogP contribution < -0.4 is 21.1 Å². The number of carbonyl (C=O) groups excluding carboxylic acids is 1. The van der Waals surface area contributed by atoms with Crippen molar-refractivity contribution < 1.29 is 9.53 Å². The van der Waals surface area contributed by atoms with Gasteiger partial charge in [-0.15, -0.1) is 0 Å². The summed E-state index contributed by atoms with van der Waals surface area (Å²) >= 11 is 0. The van der Waals surface area contributed by atoms with Crippen molar-refractivity contribution in [3.8, 4) is 11.4 Å². The molecule has 0 spiro atoms. The highest BCUT2D eigenvalue weighted by Crippen LogP contribution is 2.37. The number of para-hydroxylation sites is 1. The van der Waals surface area contributed by atoms with Gasteiger partial charge in [-0.25, -0.2) is 14.8 Å². The van der Waals surface area contributed by atoms with Crippen LogP contribution in [-0.4, -0.2) is 27.7 Å². The zero-order valence-corrected chi connectivity index (χ0v) is 17.1. The maximum atomic E-state index is 12.4. The first-order valence-electron chi connectivity index (χ1n) is 10.1. The number of methoxy groups -OCH3 is 1. The summed E-state index contributed by atoms with van der Waals surface area (Å²) in [5.41, 5.74) is 12.5. The second kappa shape index (κ2) is 7.64. The highest BCUT2D eigenvalue weighted by atomic mass is 16.5. The van der Waals surface area contributed by atoms with Gasteiger partial charge in [-0.3, -0.25) is 0 Å². The van der Waals surface area contributed by atoms with Crippen LogP contribution in [0, 0.1) is 0 Å². The number of aromatic nitrogens is 3. The summed E-state index contributed by atoms with van der Waals surface area (Å²) in [4.78, 5) is 21.1. The Kier molecular flexibility index (Phi) is 4.66. The van der Waals surface area contributed by atoms with Crippen LogP contribution >= 0.6 is 0 Å². The summed E-state index contributed by atoms with van der Waals surface area (Å²) in [7, 11) is 1.58. The first-order valence-corrected chi connectivity index (χ1v) is 10.1. The Bertz CT molecular complexity index is 1280. The van der Waals surface area contributed by atoms with E-state index in [2.05, 4.69) is 25.2 Å². The number of nitrogen functional groups attached to an aromatic ring is 1. The van der Waals surface area contributed by atoms with Crippen molar-refractivity contribution in [2.24, 2.45) is 0 Å². The first-order chi connectivity index (χ1) is 15.2. The zero-order chi connectivity index (χ0) is 21.4. The van der Waals surface area contributed by atoms with Crippen LogP contribution in [0.4, 0.5) is 22.0 Å². The summed E-state index contributed by atoms with van der Waals surface area (Å²) < 4.78 is 7.69. The number of urea groups is 1. The molecule has 2 aromatic carbocycles. The lowest BCUT2D eigenvalue weighted by atomic mass is 10.2. The molecule has 1 aliphatic carbocycles. The molecule has 0 radical (unpaired) electrons. The molecule has 4 aromatic rings. The number of aryl methyl sites for hydroxylation is 1. The van der Waals surface area contributed by atoms with Crippen LogP contribution in [0.25, 0.3) is 16.7 Å². The lowest BCUT2D eigenvalue weighted by Crippen LogP contribution is -2.19. The number of ether oxygens (including phenoxy) is 1. The average Bonchev–Trinajstić information content (AvgIpc) is 3.37. The van der Waals surface area contributed by atoms with Crippen molar-refractivity contribution in [1.82, 2.24) is 14.5 Å². The molecular formula is C23H22N6O2. The van der Waals surface area contributed by atoms with E-state index in [-0.39, 0.29) is 6.03 Å². The van der Waals surface area contributed by atoms with Gasteiger partial charge in [0.05, 0.1) is 18.3 Å². The first kappa shape index (κ1) is 18.9. The number of amides is 2. The molecule has 156 valence electrons. The smallest absolute Gasteiger partial charge is 0.323 e. The van der Waals surface area contributed by atoms with Gasteiger partial charge in [-0.2, -0.15) is 0 Å². The third-order valence-electron chi connectivity index (χ3n) is 5.54. The standard InChI is InChI=1S/C23H22N6O2/c1-31-19-12-15(10-11-17(19)28-23(30)27-14-6-3-2-4-7-14)29-18-9-5-8-16(18)20-21(29)22(24)26-13-25-20/h2-4,6-7,10-13H,5,8-9H2,1H3,(H2,24,25,26)(H2,27,28,30). The fraction of sp³-hybridized carbons (Fsp3) is 0.174. The molecule has 1 aliphatic rings. The van der Waals surface area contributed by atoms with E-state index in [9.17, 15) is 4.79 Å². The van der Waals surface area contributed by atoms with E-state index in [4.69, 9.17) is 10.5 Å². The van der Waals surface area contributed by atoms with Crippen molar-refractivity contribution >= 4 is 34.3 Å². The fourth-order valence-electron chi connectivity index (χ4n) is 4.21. The second-order valence-electron chi connectivity index (χ2n) is 7.40. The minimum absolute atomic E-state index is 0.345. The van der Waals surface area contributed by atoms with Gasteiger partial charge < -0.3 is 25.7 Å². The Hall–Kier alpha value is -4.07. The highest BCUT2D eigenvalue weighted by molar-refractivity contribution is 6.01. The maximum absolute atomic E-state index is 12.4. The fourth-order valence-corrected chi connectivity index (χ4v) is 4.21. The molecule has 8 nitrogen and oxygen atoms in total. The number of nitrogens with two attached hydrogens (primary N) is 1. The van der Waals surface area contributed by atoms with Gasteiger partial charge in [0.25, 0.3) is 0 Å². The summed E-state index contributed by atoms with van der Waals surface area (Å²) in [6, 6.07) is 14.6. The van der Waals surface area contributed by atoms with Crippen LogP contribution in [0.2, 0.25) is 0 Å². The molecule has 0 fully saturated rings. The van der Waals surface area contributed by atoms with Crippen LogP contribution in [0.5, 0.6) is 5.75 Å². The molecule has 0 bridgehead atoms. The van der Waals surface area contributed by atoms with Crippen LogP contribution in [0.1, 0.15) is 17.7 Å². The number of nitrogens with one attached hydrogen (secondary N) is 2. The van der Waals surface area contributed by atoms with Gasteiger partial charge in [0.15, 0.2) is 5.82 Å². The monoisotopic (exact) mass is 414 g/mol. The summed E-state index contributed by atoms with van der Waals surface area (Å²) in [5.74, 6) is 0.993. The van der Waals surface area contributed by atoms with E-state index >= 15 is 0 Å². The Morgan fingerprint density at radius 1 is 1.10 bits per heavy atom. The second-order valence-corrected chi connectivity index (χ2v) is 7.40. The minimum Gasteiger partial charge on any atom is -0.494 e. The average molecular weight is 414 g/mol. The zero-order valence-electron chi connectivity index (χ0n) is 17.1. The molecule has 0 aliphatic heterocycles. The maximum Gasteiger partial charge on any atom is 0.323 e. The molecule has 0 saturated carbocycles. The van der Waals surface area contributed by atoms with Crippen LogP contribution in [0.15, 0.2) is 54.9 Å². The molecule has 0 atom stereocenters. The number of carbonyl (C=O) groups is 1. The lowest BCUT2D eigenvalue weighted by Gasteiger charge is -2.15. The van der Waals surface area contributed by atoms with E-state index in [0.29, 0.717) is 22.9 Å². The van der Waals surface area contributed by atoms with Crippen molar-refractivity contribution in [2.45, 2.75) is 19.3 Å². The Labute approximate surface area is 179 Å². The SMILES string of the molecule is COc1cc(-n2c3c(c4ncnc(N)c42)CCC3)ccc1NC(=O)Nc1ccccc1. The van der Waals surface area contributed by atoms with E-state index in [1.807, 2.05) is 48.5 Å². The van der Waals surface area contributed by atoms with Crippen molar-refractivity contribution in [1.29, 1.82) is 0 Å². The lowest BCUT2D eigenvalue weighted by molar-refractivity contribution is 0.262. The quantitative estimate of drug-likeness (QED) is 0.465. The predicted molar refractivity (Wildman–Crippen MR) is 121 cm³/mol. The molecule has 8 heteroatoms. The Morgan fingerprint density at radius 3 is 2.74 bits per heavy atom. The third kappa shape index (κ3) is 3.31. The van der Waals surface area contributed by atoms with Crippen molar-refractivity contribution in [3.05, 3.63) is 66.1 Å². The number of hydrogen-bond donors (Lipinski definition) is 3. The predicted octanol–water partition coefficient (Wildman–Crippen LogP) is 4.14. The Morgan fingerprint density at radius 2 is 1.94 bits per heavy atom. The number of nitrogens with zero attached hydrogens (tertiary/aromatic N) is 3. The minimum atomic E-state index is -0.345. The molecule has 31 heavy (non-hydrogen) atoms. The normalized spacial score (nSPS) is 12.5. The molecule has 0 saturated heterocycles. The molecule has 5 rings (SSSR count). The molecule has 2 heterocycles. The van der Waals surface area contributed by atoms with E-state index in [1.165, 1.54) is 17.6 Å². The molecule has 0 unspecified atom stereocenters. The van der Waals surface area contributed by atoms with E-state index in [0.717, 1.165) is 36.0 Å².